The van der Waals surface area contributed by atoms with Gasteiger partial charge < -0.3 is 15.0 Å². The Labute approximate surface area is 134 Å². The quantitative estimate of drug-likeness (QED) is 0.944. The first kappa shape index (κ1) is 15.1. The van der Waals surface area contributed by atoms with Gasteiger partial charge in [-0.05, 0) is 42.3 Å². The molecule has 118 valence electrons. The largest absolute Gasteiger partial charge is 0.484 e. The van der Waals surface area contributed by atoms with Gasteiger partial charge in [0.1, 0.15) is 5.75 Å². The number of likely N-dealkylation sites (N-methyl/N-ethyl adjacent to an activating group) is 1. The lowest BCUT2D eigenvalue weighted by Gasteiger charge is -2.19. The summed E-state index contributed by atoms with van der Waals surface area (Å²) in [6.45, 7) is -0.0312. The molecule has 1 aliphatic heterocycles. The van der Waals surface area contributed by atoms with Gasteiger partial charge in [-0.2, -0.15) is 0 Å². The van der Waals surface area contributed by atoms with E-state index in [4.69, 9.17) is 4.74 Å². The molecule has 0 saturated heterocycles. The number of hydrogen-bond donors (Lipinski definition) is 1. The maximum atomic E-state index is 12.2. The monoisotopic (exact) mass is 310 g/mol. The smallest absolute Gasteiger partial charge is 0.264 e. The summed E-state index contributed by atoms with van der Waals surface area (Å²) in [5.74, 6) is 0.544. The van der Waals surface area contributed by atoms with Crippen molar-refractivity contribution < 1.29 is 14.3 Å². The Morgan fingerprint density at radius 3 is 2.74 bits per heavy atom. The Kier molecular flexibility index (Phi) is 4.28. The fourth-order valence-corrected chi connectivity index (χ4v) is 2.49. The van der Waals surface area contributed by atoms with E-state index in [0.29, 0.717) is 18.6 Å². The average Bonchev–Trinajstić information content (AvgIpc) is 2.59. The molecule has 1 aliphatic rings. The molecule has 2 aromatic carbocycles. The molecule has 23 heavy (non-hydrogen) atoms. The van der Waals surface area contributed by atoms with Crippen molar-refractivity contribution >= 4 is 23.2 Å². The number of nitrogens with zero attached hydrogens (tertiary/aromatic N) is 1. The second-order valence-electron chi connectivity index (χ2n) is 5.44. The summed E-state index contributed by atoms with van der Waals surface area (Å²) in [6.07, 6.45) is 1.17. The van der Waals surface area contributed by atoms with E-state index in [2.05, 4.69) is 5.32 Å². The number of rotatable bonds is 4. The Bertz CT molecular complexity index is 728. The van der Waals surface area contributed by atoms with Crippen molar-refractivity contribution in [2.24, 2.45) is 0 Å². The molecule has 0 aromatic heterocycles. The van der Waals surface area contributed by atoms with Gasteiger partial charge in [0.05, 0.1) is 0 Å². The third kappa shape index (κ3) is 3.51. The highest BCUT2D eigenvalue weighted by molar-refractivity contribution is 5.94. The van der Waals surface area contributed by atoms with Crippen molar-refractivity contribution in [3.63, 3.8) is 0 Å². The number of hydrogen-bond acceptors (Lipinski definition) is 3. The first-order valence-corrected chi connectivity index (χ1v) is 7.50. The number of amides is 2. The van der Waals surface area contributed by atoms with Crippen LogP contribution in [0.3, 0.4) is 0 Å². The lowest BCUT2D eigenvalue weighted by Crippen LogP contribution is -2.31. The zero-order valence-electron chi connectivity index (χ0n) is 12.9. The number of benzene rings is 2. The molecule has 0 fully saturated rings. The molecular weight excluding hydrogens is 292 g/mol. The summed E-state index contributed by atoms with van der Waals surface area (Å²) in [4.78, 5) is 25.1. The maximum absolute atomic E-state index is 12.2. The van der Waals surface area contributed by atoms with Gasteiger partial charge in [-0.3, -0.25) is 9.59 Å². The van der Waals surface area contributed by atoms with Gasteiger partial charge in [0, 0.05) is 24.8 Å². The molecule has 2 aromatic rings. The molecule has 0 bridgehead atoms. The predicted molar refractivity (Wildman–Crippen MR) is 88.7 cm³/mol. The van der Waals surface area contributed by atoms with E-state index in [1.807, 2.05) is 42.5 Å². The number of carbonyl (C=O) groups is 2. The van der Waals surface area contributed by atoms with E-state index in [9.17, 15) is 9.59 Å². The van der Waals surface area contributed by atoms with E-state index in [1.165, 1.54) is 0 Å². The summed E-state index contributed by atoms with van der Waals surface area (Å²) < 4.78 is 5.60. The molecule has 0 radical (unpaired) electrons. The standard InChI is InChI=1S/C18H18N2O3/c1-20(14-5-3-2-4-6-14)18(22)12-23-15-8-9-16-13(11-15)7-10-17(21)19-16/h2-6,8-9,11H,7,10,12H2,1H3,(H,19,21). The van der Waals surface area contributed by atoms with Crippen molar-refractivity contribution in [3.05, 3.63) is 54.1 Å². The van der Waals surface area contributed by atoms with E-state index >= 15 is 0 Å². The van der Waals surface area contributed by atoms with Gasteiger partial charge >= 0.3 is 0 Å². The second kappa shape index (κ2) is 6.52. The van der Waals surface area contributed by atoms with Crippen LogP contribution < -0.4 is 15.0 Å². The predicted octanol–water partition coefficient (Wildman–Crippen LogP) is 2.61. The molecule has 2 amide bonds. The molecule has 0 atom stereocenters. The van der Waals surface area contributed by atoms with E-state index < -0.39 is 0 Å². The first-order chi connectivity index (χ1) is 11.1. The van der Waals surface area contributed by atoms with Crippen LogP contribution in [0.25, 0.3) is 0 Å². The van der Waals surface area contributed by atoms with Gasteiger partial charge in [-0.15, -0.1) is 0 Å². The van der Waals surface area contributed by atoms with Crippen LogP contribution in [-0.2, 0) is 16.0 Å². The van der Waals surface area contributed by atoms with E-state index in [1.54, 1.807) is 18.0 Å². The van der Waals surface area contributed by atoms with Crippen molar-refractivity contribution in [1.82, 2.24) is 0 Å². The second-order valence-corrected chi connectivity index (χ2v) is 5.44. The van der Waals surface area contributed by atoms with Crippen LogP contribution in [0.1, 0.15) is 12.0 Å². The number of nitrogens with one attached hydrogen (secondary N) is 1. The Morgan fingerprint density at radius 1 is 1.17 bits per heavy atom. The topological polar surface area (TPSA) is 58.6 Å². The number of aryl methyl sites for hydroxylation is 1. The van der Waals surface area contributed by atoms with Crippen LogP contribution in [-0.4, -0.2) is 25.5 Å². The van der Waals surface area contributed by atoms with Gasteiger partial charge in [-0.1, -0.05) is 18.2 Å². The average molecular weight is 310 g/mol. The number of anilines is 2. The molecule has 3 rings (SSSR count). The normalized spacial score (nSPS) is 13.0. The fraction of sp³-hybridized carbons (Fsp3) is 0.222. The minimum absolute atomic E-state index is 0.0312. The molecule has 1 heterocycles. The summed E-state index contributed by atoms with van der Waals surface area (Å²) in [6, 6.07) is 14.9. The number of ether oxygens (including phenoxy) is 1. The Balaban J connectivity index is 1.62. The van der Waals surface area contributed by atoms with Crippen LogP contribution in [0, 0.1) is 0 Å². The Morgan fingerprint density at radius 2 is 1.96 bits per heavy atom. The first-order valence-electron chi connectivity index (χ1n) is 7.50. The highest BCUT2D eigenvalue weighted by Gasteiger charge is 2.16. The zero-order valence-corrected chi connectivity index (χ0v) is 12.9. The summed E-state index contributed by atoms with van der Waals surface area (Å²) in [5.41, 5.74) is 2.68. The van der Waals surface area contributed by atoms with Gasteiger partial charge in [0.2, 0.25) is 5.91 Å². The summed E-state index contributed by atoms with van der Waals surface area (Å²) >= 11 is 0. The molecule has 1 N–H and O–H groups in total. The third-order valence-electron chi connectivity index (χ3n) is 3.85. The molecule has 5 heteroatoms. The highest BCUT2D eigenvalue weighted by Crippen LogP contribution is 2.26. The van der Waals surface area contributed by atoms with E-state index in [0.717, 1.165) is 16.9 Å². The maximum Gasteiger partial charge on any atom is 0.264 e. The summed E-state index contributed by atoms with van der Waals surface area (Å²) in [5, 5.41) is 2.82. The SMILES string of the molecule is CN(C(=O)COc1ccc2c(c1)CCC(=O)N2)c1ccccc1. The molecular formula is C18H18N2O3. The van der Waals surface area contributed by atoms with Crippen LogP contribution in [0.2, 0.25) is 0 Å². The molecule has 5 nitrogen and oxygen atoms in total. The van der Waals surface area contributed by atoms with Gasteiger partial charge in [0.25, 0.3) is 5.91 Å². The van der Waals surface area contributed by atoms with Gasteiger partial charge in [-0.25, -0.2) is 0 Å². The van der Waals surface area contributed by atoms with Crippen molar-refractivity contribution in [3.8, 4) is 5.75 Å². The lowest BCUT2D eigenvalue weighted by atomic mass is 10.0. The zero-order chi connectivity index (χ0) is 16.2. The van der Waals surface area contributed by atoms with Gasteiger partial charge in [0.15, 0.2) is 6.61 Å². The minimum Gasteiger partial charge on any atom is -0.484 e. The number of fused-ring (bicyclic) bond motifs is 1. The van der Waals surface area contributed by atoms with Crippen molar-refractivity contribution in [2.45, 2.75) is 12.8 Å². The van der Waals surface area contributed by atoms with Crippen LogP contribution in [0.4, 0.5) is 11.4 Å². The highest BCUT2D eigenvalue weighted by atomic mass is 16.5. The van der Waals surface area contributed by atoms with Crippen molar-refractivity contribution in [2.75, 3.05) is 23.9 Å². The molecule has 0 spiro atoms. The fourth-order valence-electron chi connectivity index (χ4n) is 2.49. The third-order valence-corrected chi connectivity index (χ3v) is 3.85. The number of para-hydroxylation sites is 1. The van der Waals surface area contributed by atoms with Crippen LogP contribution >= 0.6 is 0 Å². The van der Waals surface area contributed by atoms with Crippen LogP contribution in [0.15, 0.2) is 48.5 Å². The lowest BCUT2D eigenvalue weighted by molar-refractivity contribution is -0.120. The molecule has 0 aliphatic carbocycles. The Hall–Kier alpha value is -2.82. The van der Waals surface area contributed by atoms with Crippen LogP contribution in [0.5, 0.6) is 5.75 Å². The summed E-state index contributed by atoms with van der Waals surface area (Å²) in [7, 11) is 1.73. The van der Waals surface area contributed by atoms with E-state index in [-0.39, 0.29) is 18.4 Å². The minimum atomic E-state index is -0.123. The molecule has 0 saturated carbocycles. The van der Waals surface area contributed by atoms with Crippen molar-refractivity contribution in [1.29, 1.82) is 0 Å². The molecule has 0 unspecified atom stereocenters. The number of carbonyl (C=O) groups excluding carboxylic acids is 2.